The van der Waals surface area contributed by atoms with Gasteiger partial charge in [0, 0.05) is 26.7 Å². The molecule has 1 aliphatic heterocycles. The fourth-order valence-corrected chi connectivity index (χ4v) is 3.47. The third-order valence-electron chi connectivity index (χ3n) is 3.45. The van der Waals surface area contributed by atoms with Gasteiger partial charge >= 0.3 is 5.97 Å². The number of rotatable bonds is 8. The van der Waals surface area contributed by atoms with Gasteiger partial charge in [-0.2, -0.15) is 12.7 Å². The molecule has 1 saturated heterocycles. The molecule has 8 nitrogen and oxygen atoms in total. The monoisotopic (exact) mass is 324 g/mol. The molecule has 0 saturated carbocycles. The van der Waals surface area contributed by atoms with E-state index in [9.17, 15) is 18.3 Å². The van der Waals surface area contributed by atoms with Crippen molar-refractivity contribution in [2.24, 2.45) is 5.92 Å². The van der Waals surface area contributed by atoms with Crippen LogP contribution in [-0.4, -0.2) is 70.4 Å². The molecule has 0 aromatic rings. The number of piperidine rings is 1. The minimum Gasteiger partial charge on any atom is -0.469 e. The Morgan fingerprint density at radius 1 is 1.38 bits per heavy atom. The molecule has 0 radical (unpaired) electrons. The van der Waals surface area contributed by atoms with Crippen molar-refractivity contribution in [1.82, 2.24) is 9.03 Å². The summed E-state index contributed by atoms with van der Waals surface area (Å²) in [5.74, 6) is -0.521. The molecule has 1 atom stereocenters. The van der Waals surface area contributed by atoms with Gasteiger partial charge in [-0.25, -0.2) is 4.72 Å². The van der Waals surface area contributed by atoms with Crippen molar-refractivity contribution in [2.45, 2.75) is 25.4 Å². The molecule has 0 bridgehead atoms. The summed E-state index contributed by atoms with van der Waals surface area (Å²) in [6.45, 7) is 0.890. The highest BCUT2D eigenvalue weighted by atomic mass is 32.2. The molecule has 1 heterocycles. The van der Waals surface area contributed by atoms with E-state index in [0.717, 1.165) is 0 Å². The van der Waals surface area contributed by atoms with Gasteiger partial charge in [0.15, 0.2) is 0 Å². The number of aliphatic hydroxyl groups is 1. The molecule has 0 aromatic heterocycles. The highest BCUT2D eigenvalue weighted by Gasteiger charge is 2.31. The molecule has 21 heavy (non-hydrogen) atoms. The number of hydrogen-bond donors (Lipinski definition) is 2. The molecule has 0 amide bonds. The molecule has 0 spiro atoms. The highest BCUT2D eigenvalue weighted by Crippen LogP contribution is 2.20. The number of nitrogens with zero attached hydrogens (tertiary/aromatic N) is 1. The largest absolute Gasteiger partial charge is 0.469 e. The van der Waals surface area contributed by atoms with Gasteiger partial charge in [-0.05, 0) is 19.3 Å². The van der Waals surface area contributed by atoms with Gasteiger partial charge in [0.2, 0.25) is 0 Å². The predicted molar refractivity (Wildman–Crippen MR) is 75.7 cm³/mol. The zero-order valence-corrected chi connectivity index (χ0v) is 13.3. The summed E-state index contributed by atoms with van der Waals surface area (Å²) in [6, 6.07) is 0. The average molecular weight is 324 g/mol. The Bertz CT molecular complexity index is 419. The molecule has 124 valence electrons. The smallest absolute Gasteiger partial charge is 0.308 e. The van der Waals surface area contributed by atoms with Crippen LogP contribution in [0.4, 0.5) is 0 Å². The second kappa shape index (κ2) is 8.64. The SMILES string of the molecule is COCC(O)CCNS(=O)(=O)N1CCC(C(=O)OC)CC1. The van der Waals surface area contributed by atoms with Crippen molar-refractivity contribution in [3.63, 3.8) is 0 Å². The molecule has 9 heteroatoms. The number of carbonyl (C=O) groups excluding carboxylic acids is 1. The maximum atomic E-state index is 12.1. The first kappa shape index (κ1) is 18.3. The summed E-state index contributed by atoms with van der Waals surface area (Å²) in [5.41, 5.74) is 0. The normalized spacial score (nSPS) is 19.4. The van der Waals surface area contributed by atoms with E-state index in [-0.39, 0.29) is 44.5 Å². The van der Waals surface area contributed by atoms with E-state index in [2.05, 4.69) is 9.46 Å². The lowest BCUT2D eigenvalue weighted by atomic mass is 9.99. The van der Waals surface area contributed by atoms with Crippen LogP contribution in [0.25, 0.3) is 0 Å². The first-order valence-electron chi connectivity index (χ1n) is 6.90. The zero-order valence-electron chi connectivity index (χ0n) is 12.4. The van der Waals surface area contributed by atoms with Crippen LogP contribution in [0, 0.1) is 5.92 Å². The summed E-state index contributed by atoms with van der Waals surface area (Å²) < 4.78 is 37.3. The Labute approximate surface area is 125 Å². The maximum absolute atomic E-state index is 12.1. The van der Waals surface area contributed by atoms with Crippen molar-refractivity contribution < 1.29 is 27.8 Å². The van der Waals surface area contributed by atoms with Crippen molar-refractivity contribution >= 4 is 16.2 Å². The lowest BCUT2D eigenvalue weighted by Gasteiger charge is -2.29. The number of esters is 1. The fraction of sp³-hybridized carbons (Fsp3) is 0.917. The molecule has 1 unspecified atom stereocenters. The predicted octanol–water partition coefficient (Wildman–Crippen LogP) is -0.897. The summed E-state index contributed by atoms with van der Waals surface area (Å²) in [7, 11) is -0.768. The van der Waals surface area contributed by atoms with Crippen LogP contribution in [0.2, 0.25) is 0 Å². The van der Waals surface area contributed by atoms with Crippen LogP contribution in [0.3, 0.4) is 0 Å². The van der Waals surface area contributed by atoms with E-state index in [1.165, 1.54) is 18.5 Å². The molecular weight excluding hydrogens is 300 g/mol. The summed E-state index contributed by atoms with van der Waals surface area (Å²) in [4.78, 5) is 11.4. The molecule has 2 N–H and O–H groups in total. The minimum atomic E-state index is -3.57. The molecule has 1 fully saturated rings. The minimum absolute atomic E-state index is 0.143. The van der Waals surface area contributed by atoms with E-state index in [4.69, 9.17) is 4.74 Å². The number of ether oxygens (including phenoxy) is 2. The molecule has 0 aliphatic carbocycles. The van der Waals surface area contributed by atoms with Gasteiger partial charge in [0.25, 0.3) is 10.2 Å². The lowest BCUT2D eigenvalue weighted by Crippen LogP contribution is -2.46. The average Bonchev–Trinajstić information content (AvgIpc) is 2.46. The van der Waals surface area contributed by atoms with Crippen LogP contribution < -0.4 is 4.72 Å². The van der Waals surface area contributed by atoms with Gasteiger partial charge in [0.05, 0.1) is 25.7 Å². The summed E-state index contributed by atoms with van der Waals surface area (Å²) >= 11 is 0. The van der Waals surface area contributed by atoms with Crippen LogP contribution >= 0.6 is 0 Å². The third-order valence-corrected chi connectivity index (χ3v) is 5.06. The number of methoxy groups -OCH3 is 2. The number of aliphatic hydroxyl groups excluding tert-OH is 1. The van der Waals surface area contributed by atoms with E-state index < -0.39 is 16.3 Å². The quantitative estimate of drug-likeness (QED) is 0.561. The Morgan fingerprint density at radius 2 is 2.00 bits per heavy atom. The molecule has 1 aliphatic rings. The van der Waals surface area contributed by atoms with Gasteiger partial charge in [-0.1, -0.05) is 0 Å². The fourth-order valence-electron chi connectivity index (χ4n) is 2.22. The Balaban J connectivity index is 2.37. The topological polar surface area (TPSA) is 105 Å². The van der Waals surface area contributed by atoms with E-state index >= 15 is 0 Å². The standard InChI is InChI=1S/C12H24N2O6S/c1-19-9-11(15)3-6-13-21(17,18)14-7-4-10(5-8-14)12(16)20-2/h10-11,13,15H,3-9H2,1-2H3. The zero-order chi connectivity index (χ0) is 15.9. The second-order valence-corrected chi connectivity index (χ2v) is 6.75. The Kier molecular flexibility index (Phi) is 7.53. The van der Waals surface area contributed by atoms with Crippen molar-refractivity contribution in [1.29, 1.82) is 0 Å². The maximum Gasteiger partial charge on any atom is 0.308 e. The van der Waals surface area contributed by atoms with Crippen molar-refractivity contribution in [3.05, 3.63) is 0 Å². The number of nitrogens with one attached hydrogen (secondary N) is 1. The number of carbonyl (C=O) groups is 1. The molecule has 0 aromatic carbocycles. The van der Waals surface area contributed by atoms with Gasteiger partial charge in [-0.3, -0.25) is 4.79 Å². The van der Waals surface area contributed by atoms with E-state index in [0.29, 0.717) is 12.8 Å². The van der Waals surface area contributed by atoms with Gasteiger partial charge < -0.3 is 14.6 Å². The highest BCUT2D eigenvalue weighted by molar-refractivity contribution is 7.87. The first-order valence-corrected chi connectivity index (χ1v) is 8.34. The first-order chi connectivity index (χ1) is 9.90. The van der Waals surface area contributed by atoms with Gasteiger partial charge in [0.1, 0.15) is 0 Å². The second-order valence-electron chi connectivity index (χ2n) is 4.99. The van der Waals surface area contributed by atoms with Gasteiger partial charge in [-0.15, -0.1) is 0 Å². The van der Waals surface area contributed by atoms with Crippen molar-refractivity contribution in [3.8, 4) is 0 Å². The summed E-state index contributed by atoms with van der Waals surface area (Å²) in [6.07, 6.45) is 0.508. The summed E-state index contributed by atoms with van der Waals surface area (Å²) in [5, 5.41) is 9.45. The lowest BCUT2D eigenvalue weighted by molar-refractivity contribution is -0.146. The molecular formula is C12H24N2O6S. The van der Waals surface area contributed by atoms with E-state index in [1.54, 1.807) is 0 Å². The van der Waals surface area contributed by atoms with E-state index in [1.807, 2.05) is 0 Å². The third kappa shape index (κ3) is 5.87. The van der Waals surface area contributed by atoms with Crippen LogP contribution in [0.15, 0.2) is 0 Å². The molecule has 1 rings (SSSR count). The van der Waals surface area contributed by atoms with Crippen molar-refractivity contribution in [2.75, 3.05) is 40.5 Å². The Hall–Kier alpha value is -0.740. The Morgan fingerprint density at radius 3 is 2.52 bits per heavy atom. The number of hydrogen-bond acceptors (Lipinski definition) is 6. The van der Waals surface area contributed by atoms with Crippen LogP contribution in [0.5, 0.6) is 0 Å². The van der Waals surface area contributed by atoms with Crippen LogP contribution in [-0.2, 0) is 24.5 Å². The van der Waals surface area contributed by atoms with Crippen LogP contribution in [0.1, 0.15) is 19.3 Å².